The molecule has 0 aliphatic carbocycles. The van der Waals surface area contributed by atoms with Gasteiger partial charge in [-0.2, -0.15) is 0 Å². The molecule has 2 unspecified atom stereocenters. The predicted octanol–water partition coefficient (Wildman–Crippen LogP) is 4.05. The average Bonchev–Trinajstić information content (AvgIpc) is 2.77. The molecule has 0 bridgehead atoms. The summed E-state index contributed by atoms with van der Waals surface area (Å²) in [5.74, 6) is -2.70. The summed E-state index contributed by atoms with van der Waals surface area (Å²) in [6.07, 6.45) is 1.70. The van der Waals surface area contributed by atoms with Crippen LogP contribution < -0.4 is 4.74 Å². The van der Waals surface area contributed by atoms with Crippen LogP contribution in [0, 0.1) is 0 Å². The van der Waals surface area contributed by atoms with E-state index in [0.717, 1.165) is 38.4 Å². The Labute approximate surface area is 195 Å². The lowest BCUT2D eigenvalue weighted by Crippen LogP contribution is -2.45. The fraction of sp³-hybridized carbons (Fsp3) is 0.462. The van der Waals surface area contributed by atoms with Gasteiger partial charge in [0.25, 0.3) is 0 Å². The molecule has 2 atom stereocenters. The zero-order valence-electron chi connectivity index (χ0n) is 19.9. The van der Waals surface area contributed by atoms with Crippen LogP contribution in [-0.2, 0) is 19.7 Å². The van der Waals surface area contributed by atoms with Gasteiger partial charge in [-0.3, -0.25) is 4.90 Å². The molecule has 0 aromatic heterocycles. The van der Waals surface area contributed by atoms with Crippen molar-refractivity contribution < 1.29 is 29.3 Å². The summed E-state index contributed by atoms with van der Waals surface area (Å²) in [4.78, 5) is 20.7. The lowest BCUT2D eigenvalue weighted by Gasteiger charge is -2.35. The Morgan fingerprint density at radius 2 is 1.45 bits per heavy atom. The lowest BCUT2D eigenvalue weighted by atomic mass is 9.78. The second-order valence-electron chi connectivity index (χ2n) is 8.84. The van der Waals surface area contributed by atoms with Gasteiger partial charge in [-0.25, -0.2) is 9.59 Å². The monoisotopic (exact) mass is 457 g/mol. The smallest absolute Gasteiger partial charge is 0.414 e. The summed E-state index contributed by atoms with van der Waals surface area (Å²) >= 11 is 0. The standard InChI is InChI=1S/C24H33NO2.C2H2O4/c1-19-17-25(18-20(2)27-19)15-8-16-26-23-13-11-22(12-14-23)24(3,4)21-9-6-5-7-10-21;3-1(4)2(5)6/h5-7,9-14,19-20H,8,15-18H2,1-4H3;(H,3,4)(H,5,6). The number of nitrogens with zero attached hydrogens (tertiary/aromatic N) is 1. The van der Waals surface area contributed by atoms with Gasteiger partial charge in [0, 0.05) is 25.0 Å². The van der Waals surface area contributed by atoms with Gasteiger partial charge >= 0.3 is 11.9 Å². The number of carboxylic acids is 2. The molecule has 0 radical (unpaired) electrons. The van der Waals surface area contributed by atoms with Gasteiger partial charge in [0.1, 0.15) is 5.75 Å². The molecule has 1 aliphatic heterocycles. The van der Waals surface area contributed by atoms with Gasteiger partial charge in [-0.05, 0) is 43.5 Å². The minimum absolute atomic E-state index is 0.0104. The van der Waals surface area contributed by atoms with Crippen molar-refractivity contribution in [2.45, 2.75) is 51.7 Å². The first kappa shape index (κ1) is 26.4. The quantitative estimate of drug-likeness (QED) is 0.478. The van der Waals surface area contributed by atoms with Gasteiger partial charge in [-0.15, -0.1) is 0 Å². The van der Waals surface area contributed by atoms with E-state index in [4.69, 9.17) is 29.3 Å². The minimum Gasteiger partial charge on any atom is -0.494 e. The molecule has 2 aromatic carbocycles. The third kappa shape index (κ3) is 8.51. The van der Waals surface area contributed by atoms with Crippen molar-refractivity contribution in [2.24, 2.45) is 0 Å². The van der Waals surface area contributed by atoms with Crippen molar-refractivity contribution in [3.63, 3.8) is 0 Å². The second-order valence-corrected chi connectivity index (χ2v) is 8.84. The molecule has 3 rings (SSSR count). The van der Waals surface area contributed by atoms with Crippen LogP contribution in [0.15, 0.2) is 54.6 Å². The van der Waals surface area contributed by atoms with Crippen molar-refractivity contribution in [3.05, 3.63) is 65.7 Å². The number of carboxylic acid groups (broad SMARTS) is 2. The summed E-state index contributed by atoms with van der Waals surface area (Å²) < 4.78 is 11.8. The zero-order chi connectivity index (χ0) is 24.4. The summed E-state index contributed by atoms with van der Waals surface area (Å²) in [5.41, 5.74) is 2.62. The van der Waals surface area contributed by atoms with Crippen LogP contribution in [0.1, 0.15) is 45.2 Å². The van der Waals surface area contributed by atoms with Crippen LogP contribution in [0.3, 0.4) is 0 Å². The lowest BCUT2D eigenvalue weighted by molar-refractivity contribution is -0.159. The number of morpholine rings is 1. The maximum Gasteiger partial charge on any atom is 0.414 e. The van der Waals surface area contributed by atoms with Gasteiger partial charge in [0.15, 0.2) is 0 Å². The summed E-state index contributed by atoms with van der Waals surface area (Å²) in [6, 6.07) is 19.2. The van der Waals surface area contributed by atoms with Crippen LogP contribution >= 0.6 is 0 Å². The molecule has 0 amide bonds. The van der Waals surface area contributed by atoms with Gasteiger partial charge in [-0.1, -0.05) is 56.3 Å². The molecule has 0 spiro atoms. The zero-order valence-corrected chi connectivity index (χ0v) is 19.9. The second kappa shape index (κ2) is 12.4. The van der Waals surface area contributed by atoms with E-state index in [2.05, 4.69) is 87.2 Å². The highest BCUT2D eigenvalue weighted by Gasteiger charge is 2.23. The highest BCUT2D eigenvalue weighted by molar-refractivity contribution is 6.27. The Kier molecular flexibility index (Phi) is 9.88. The molecule has 7 nitrogen and oxygen atoms in total. The van der Waals surface area contributed by atoms with Crippen molar-refractivity contribution in [1.82, 2.24) is 4.90 Å². The fourth-order valence-electron chi connectivity index (χ4n) is 3.93. The molecule has 2 N–H and O–H groups in total. The third-order valence-electron chi connectivity index (χ3n) is 5.64. The number of ether oxygens (including phenoxy) is 2. The van der Waals surface area contributed by atoms with Crippen molar-refractivity contribution >= 4 is 11.9 Å². The summed E-state index contributed by atoms with van der Waals surface area (Å²) in [5, 5.41) is 14.8. The SMILES string of the molecule is CC1CN(CCCOc2ccc(C(C)(C)c3ccccc3)cc2)CC(C)O1.O=C(O)C(=O)O. The first-order valence-corrected chi connectivity index (χ1v) is 11.2. The predicted molar refractivity (Wildman–Crippen MR) is 127 cm³/mol. The maximum atomic E-state index is 9.10. The van der Waals surface area contributed by atoms with Crippen LogP contribution in [0.5, 0.6) is 5.75 Å². The molecule has 1 heterocycles. The average molecular weight is 458 g/mol. The van der Waals surface area contributed by atoms with E-state index >= 15 is 0 Å². The molecular weight excluding hydrogens is 422 g/mol. The first-order chi connectivity index (χ1) is 15.6. The molecule has 1 fully saturated rings. The van der Waals surface area contributed by atoms with E-state index in [1.807, 2.05) is 0 Å². The van der Waals surface area contributed by atoms with E-state index in [-0.39, 0.29) is 5.41 Å². The van der Waals surface area contributed by atoms with Crippen molar-refractivity contribution in [1.29, 1.82) is 0 Å². The number of rotatable bonds is 7. The Morgan fingerprint density at radius 3 is 1.97 bits per heavy atom. The topological polar surface area (TPSA) is 96.3 Å². The van der Waals surface area contributed by atoms with Crippen LogP contribution in [0.2, 0.25) is 0 Å². The number of hydrogen-bond acceptors (Lipinski definition) is 5. The molecule has 33 heavy (non-hydrogen) atoms. The highest BCUT2D eigenvalue weighted by atomic mass is 16.5. The Hall–Kier alpha value is -2.90. The van der Waals surface area contributed by atoms with Crippen molar-refractivity contribution in [3.8, 4) is 5.75 Å². The molecule has 1 aliphatic rings. The number of hydrogen-bond donors (Lipinski definition) is 2. The number of aliphatic carboxylic acids is 2. The summed E-state index contributed by atoms with van der Waals surface area (Å²) in [6.45, 7) is 12.7. The molecule has 1 saturated heterocycles. The van der Waals surface area contributed by atoms with Crippen LogP contribution in [0.25, 0.3) is 0 Å². The molecule has 7 heteroatoms. The first-order valence-electron chi connectivity index (χ1n) is 11.2. The number of carbonyl (C=O) groups is 2. The van der Waals surface area contributed by atoms with Crippen LogP contribution in [0.4, 0.5) is 0 Å². The highest BCUT2D eigenvalue weighted by Crippen LogP contribution is 2.32. The largest absolute Gasteiger partial charge is 0.494 e. The van der Waals surface area contributed by atoms with E-state index < -0.39 is 11.9 Å². The Bertz CT molecular complexity index is 859. The molecular formula is C26H35NO6. The van der Waals surface area contributed by atoms with Gasteiger partial charge in [0.05, 0.1) is 18.8 Å². The maximum absolute atomic E-state index is 9.10. The minimum atomic E-state index is -1.82. The fourth-order valence-corrected chi connectivity index (χ4v) is 3.93. The van der Waals surface area contributed by atoms with E-state index in [9.17, 15) is 0 Å². The van der Waals surface area contributed by atoms with E-state index in [0.29, 0.717) is 12.2 Å². The normalized spacial score (nSPS) is 18.7. The van der Waals surface area contributed by atoms with Crippen molar-refractivity contribution in [2.75, 3.05) is 26.2 Å². The van der Waals surface area contributed by atoms with E-state index in [1.54, 1.807) is 0 Å². The molecule has 2 aromatic rings. The third-order valence-corrected chi connectivity index (χ3v) is 5.64. The Balaban J connectivity index is 0.000000569. The van der Waals surface area contributed by atoms with Crippen LogP contribution in [-0.4, -0.2) is 65.5 Å². The summed E-state index contributed by atoms with van der Waals surface area (Å²) in [7, 11) is 0. The van der Waals surface area contributed by atoms with Gasteiger partial charge < -0.3 is 19.7 Å². The molecule has 0 saturated carbocycles. The number of benzene rings is 2. The molecule has 180 valence electrons. The van der Waals surface area contributed by atoms with E-state index in [1.165, 1.54) is 11.1 Å². The van der Waals surface area contributed by atoms with Gasteiger partial charge in [0.2, 0.25) is 0 Å². The Morgan fingerprint density at radius 1 is 0.939 bits per heavy atom.